The maximum absolute atomic E-state index is 12.1. The average Bonchev–Trinajstić information content (AvgIpc) is 2.91. The first kappa shape index (κ1) is 13.6. The zero-order valence-electron chi connectivity index (χ0n) is 10.6. The molecule has 1 aromatic heterocycles. The first-order valence-corrected chi connectivity index (χ1v) is 7.64. The molecule has 0 aliphatic heterocycles. The minimum atomic E-state index is -3.62. The van der Waals surface area contributed by atoms with Crippen molar-refractivity contribution < 1.29 is 17.9 Å². The minimum absolute atomic E-state index is 0.0346. The molecule has 2 N–H and O–H groups in total. The highest BCUT2D eigenvalue weighted by Gasteiger charge is 2.33. The van der Waals surface area contributed by atoms with E-state index in [1.807, 2.05) is 0 Å². The first-order valence-electron chi connectivity index (χ1n) is 6.16. The summed E-state index contributed by atoms with van der Waals surface area (Å²) in [6.07, 6.45) is 1.89. The fourth-order valence-electron chi connectivity index (χ4n) is 2.38. The first-order chi connectivity index (χ1) is 8.44. The van der Waals surface area contributed by atoms with Crippen molar-refractivity contribution in [3.8, 4) is 0 Å². The van der Waals surface area contributed by atoms with Crippen LogP contribution in [0, 0.1) is 11.8 Å². The van der Waals surface area contributed by atoms with Crippen LogP contribution in [0.25, 0.3) is 0 Å². The van der Waals surface area contributed by atoms with E-state index in [0.717, 1.165) is 12.8 Å². The Kier molecular flexibility index (Phi) is 3.79. The average molecular weight is 273 g/mol. The molecule has 0 aromatic carbocycles. The molecule has 0 amide bonds. The second kappa shape index (κ2) is 5.03. The fraction of sp³-hybridized carbons (Fsp3) is 0.667. The zero-order valence-corrected chi connectivity index (χ0v) is 11.4. The Hall–Kier alpha value is -0.850. The predicted octanol–water partition coefficient (Wildman–Crippen LogP) is 1.48. The highest BCUT2D eigenvalue weighted by molar-refractivity contribution is 7.89. The van der Waals surface area contributed by atoms with E-state index in [-0.39, 0.29) is 23.5 Å². The molecule has 1 aliphatic rings. The quantitative estimate of drug-likeness (QED) is 0.871. The van der Waals surface area contributed by atoms with E-state index in [0.29, 0.717) is 11.8 Å². The molecule has 0 saturated heterocycles. The van der Waals surface area contributed by atoms with Crippen LogP contribution in [-0.4, -0.2) is 19.6 Å². The van der Waals surface area contributed by atoms with Gasteiger partial charge in [-0.3, -0.25) is 0 Å². The van der Waals surface area contributed by atoms with Crippen molar-refractivity contribution in [3.63, 3.8) is 0 Å². The van der Waals surface area contributed by atoms with Crippen molar-refractivity contribution in [2.75, 3.05) is 0 Å². The van der Waals surface area contributed by atoms with Gasteiger partial charge in [-0.05, 0) is 36.8 Å². The summed E-state index contributed by atoms with van der Waals surface area (Å²) in [5.74, 6) is 1.11. The summed E-state index contributed by atoms with van der Waals surface area (Å²) >= 11 is 0. The minimum Gasteiger partial charge on any atom is -0.446 e. The molecule has 1 aliphatic carbocycles. The van der Waals surface area contributed by atoms with E-state index >= 15 is 0 Å². The third-order valence-electron chi connectivity index (χ3n) is 3.83. The van der Waals surface area contributed by atoms with Crippen LogP contribution in [0.2, 0.25) is 0 Å². The molecule has 3 unspecified atom stereocenters. The number of furan rings is 1. The summed E-state index contributed by atoms with van der Waals surface area (Å²) in [5, 5.41) is 8.74. The molecule has 0 radical (unpaired) electrons. The lowest BCUT2D eigenvalue weighted by atomic mass is 9.98. The van der Waals surface area contributed by atoms with Gasteiger partial charge in [0.1, 0.15) is 12.4 Å². The smallest absolute Gasteiger partial charge is 0.274 e. The number of hydrogen-bond acceptors (Lipinski definition) is 4. The van der Waals surface area contributed by atoms with Crippen LogP contribution in [0.15, 0.2) is 21.6 Å². The topological polar surface area (TPSA) is 79.5 Å². The number of hydrogen-bond donors (Lipinski definition) is 2. The van der Waals surface area contributed by atoms with Crippen molar-refractivity contribution in [1.82, 2.24) is 4.72 Å². The van der Waals surface area contributed by atoms with Gasteiger partial charge in [0.2, 0.25) is 5.09 Å². The van der Waals surface area contributed by atoms with E-state index < -0.39 is 10.0 Å². The highest BCUT2D eigenvalue weighted by Crippen LogP contribution is 2.32. The summed E-state index contributed by atoms with van der Waals surface area (Å²) < 4.78 is 31.9. The van der Waals surface area contributed by atoms with E-state index in [2.05, 4.69) is 18.6 Å². The van der Waals surface area contributed by atoms with E-state index in [1.54, 1.807) is 0 Å². The number of sulfonamides is 1. The lowest BCUT2D eigenvalue weighted by molar-refractivity contribution is 0.236. The van der Waals surface area contributed by atoms with Gasteiger partial charge in [0, 0.05) is 6.04 Å². The van der Waals surface area contributed by atoms with Gasteiger partial charge >= 0.3 is 0 Å². The molecule has 1 fully saturated rings. The van der Waals surface area contributed by atoms with Gasteiger partial charge in [0.25, 0.3) is 10.0 Å². The molecule has 2 rings (SSSR count). The molecule has 102 valence electrons. The van der Waals surface area contributed by atoms with Crippen molar-refractivity contribution >= 4 is 10.0 Å². The van der Waals surface area contributed by atoms with E-state index in [9.17, 15) is 8.42 Å². The van der Waals surface area contributed by atoms with Crippen molar-refractivity contribution in [2.45, 2.75) is 44.4 Å². The van der Waals surface area contributed by atoms with E-state index in [1.165, 1.54) is 12.1 Å². The van der Waals surface area contributed by atoms with Gasteiger partial charge in [-0.1, -0.05) is 13.8 Å². The molecular formula is C12H19NO4S. The normalized spacial score (nSPS) is 28.7. The Morgan fingerprint density at radius 2 is 2.11 bits per heavy atom. The Labute approximate surface area is 107 Å². The SMILES string of the molecule is CC1CCC(NS(=O)(=O)c2ccc(CO)o2)C1C. The molecule has 0 spiro atoms. The van der Waals surface area contributed by atoms with Crippen molar-refractivity contribution in [2.24, 2.45) is 11.8 Å². The predicted molar refractivity (Wildman–Crippen MR) is 66.3 cm³/mol. The summed E-state index contributed by atoms with van der Waals surface area (Å²) in [7, 11) is -3.62. The number of aliphatic hydroxyl groups is 1. The van der Waals surface area contributed by atoms with Crippen LogP contribution in [-0.2, 0) is 16.6 Å². The van der Waals surface area contributed by atoms with Crippen LogP contribution in [0.1, 0.15) is 32.4 Å². The second-order valence-corrected chi connectivity index (χ2v) is 6.67. The van der Waals surface area contributed by atoms with Crippen LogP contribution in [0.4, 0.5) is 0 Å². The molecule has 0 bridgehead atoms. The summed E-state index contributed by atoms with van der Waals surface area (Å²) in [6, 6.07) is 2.80. The summed E-state index contributed by atoms with van der Waals surface area (Å²) in [5.41, 5.74) is 0. The molecule has 1 saturated carbocycles. The monoisotopic (exact) mass is 273 g/mol. The summed E-state index contributed by atoms with van der Waals surface area (Å²) in [4.78, 5) is 0. The van der Waals surface area contributed by atoms with Gasteiger partial charge in [-0.2, -0.15) is 0 Å². The molecule has 3 atom stereocenters. The third kappa shape index (κ3) is 2.60. The lowest BCUT2D eigenvalue weighted by Gasteiger charge is -2.18. The van der Waals surface area contributed by atoms with Crippen LogP contribution in [0.3, 0.4) is 0 Å². The van der Waals surface area contributed by atoms with Crippen LogP contribution in [0.5, 0.6) is 0 Å². The second-order valence-electron chi connectivity index (χ2n) is 5.02. The Morgan fingerprint density at radius 1 is 1.39 bits per heavy atom. The third-order valence-corrected chi connectivity index (χ3v) is 5.19. The van der Waals surface area contributed by atoms with Crippen molar-refractivity contribution in [3.05, 3.63) is 17.9 Å². The van der Waals surface area contributed by atoms with Gasteiger partial charge in [0.15, 0.2) is 0 Å². The molecule has 6 heteroatoms. The Balaban J connectivity index is 2.12. The molecule has 1 heterocycles. The maximum Gasteiger partial charge on any atom is 0.274 e. The molecular weight excluding hydrogens is 254 g/mol. The lowest BCUT2D eigenvalue weighted by Crippen LogP contribution is -2.37. The Bertz CT molecular complexity index is 508. The molecule has 1 aromatic rings. The number of nitrogens with one attached hydrogen (secondary N) is 1. The van der Waals surface area contributed by atoms with Gasteiger partial charge in [-0.15, -0.1) is 0 Å². The van der Waals surface area contributed by atoms with Gasteiger partial charge in [-0.25, -0.2) is 13.1 Å². The van der Waals surface area contributed by atoms with Gasteiger partial charge < -0.3 is 9.52 Å². The highest BCUT2D eigenvalue weighted by atomic mass is 32.2. The summed E-state index contributed by atoms with van der Waals surface area (Å²) in [6.45, 7) is 3.90. The number of aliphatic hydroxyl groups excluding tert-OH is 1. The van der Waals surface area contributed by atoms with Gasteiger partial charge in [0.05, 0.1) is 0 Å². The molecule has 18 heavy (non-hydrogen) atoms. The zero-order chi connectivity index (χ0) is 13.3. The fourth-order valence-corrected chi connectivity index (χ4v) is 3.69. The largest absolute Gasteiger partial charge is 0.446 e. The van der Waals surface area contributed by atoms with Crippen LogP contribution >= 0.6 is 0 Å². The molecule has 5 nitrogen and oxygen atoms in total. The maximum atomic E-state index is 12.1. The van der Waals surface area contributed by atoms with E-state index in [4.69, 9.17) is 9.52 Å². The van der Waals surface area contributed by atoms with Crippen LogP contribution < -0.4 is 4.72 Å². The standard InChI is InChI=1S/C12H19NO4S/c1-8-3-5-11(9(8)2)13-18(15,16)12-6-4-10(7-14)17-12/h4,6,8-9,11,13-14H,3,5,7H2,1-2H3. The Morgan fingerprint density at radius 3 is 2.61 bits per heavy atom. The number of rotatable bonds is 4. The van der Waals surface area contributed by atoms with Crippen molar-refractivity contribution in [1.29, 1.82) is 0 Å².